The van der Waals surface area contributed by atoms with E-state index in [0.717, 1.165) is 6.54 Å². The van der Waals surface area contributed by atoms with Crippen LogP contribution in [0.15, 0.2) is 12.3 Å². The molecule has 0 bridgehead atoms. The Morgan fingerprint density at radius 1 is 1.30 bits per heavy atom. The number of likely N-dealkylation sites (tertiary alicyclic amines) is 1. The fourth-order valence-electron chi connectivity index (χ4n) is 2.89. The zero-order chi connectivity index (χ0) is 13.8. The van der Waals surface area contributed by atoms with Crippen molar-refractivity contribution >= 4 is 5.95 Å². The van der Waals surface area contributed by atoms with Crippen LogP contribution in [0.2, 0.25) is 0 Å². The first-order chi connectivity index (χ1) is 9.80. The van der Waals surface area contributed by atoms with Crippen LogP contribution in [-0.2, 0) is 0 Å². The number of anilines is 1. The molecule has 1 aliphatic carbocycles. The average Bonchev–Trinajstić information content (AvgIpc) is 3.20. The van der Waals surface area contributed by atoms with Crippen molar-refractivity contribution in [3.63, 3.8) is 0 Å². The second-order valence-electron chi connectivity index (χ2n) is 5.89. The molecule has 0 atom stereocenters. The van der Waals surface area contributed by atoms with Gasteiger partial charge in [0.15, 0.2) is 0 Å². The van der Waals surface area contributed by atoms with Crippen molar-refractivity contribution in [2.24, 2.45) is 0 Å². The van der Waals surface area contributed by atoms with Crippen LogP contribution >= 0.6 is 0 Å². The number of ether oxygens (including phenoxy) is 1. The first kappa shape index (κ1) is 13.6. The lowest BCUT2D eigenvalue weighted by Crippen LogP contribution is -2.41. The monoisotopic (exact) mass is 276 g/mol. The number of hydrogen-bond acceptors (Lipinski definition) is 5. The van der Waals surface area contributed by atoms with Crippen molar-refractivity contribution in [3.8, 4) is 5.88 Å². The van der Waals surface area contributed by atoms with Gasteiger partial charge >= 0.3 is 0 Å². The predicted molar refractivity (Wildman–Crippen MR) is 79.1 cm³/mol. The maximum absolute atomic E-state index is 5.43. The first-order valence-corrected chi connectivity index (χ1v) is 7.76. The molecule has 1 aliphatic heterocycles. The van der Waals surface area contributed by atoms with Gasteiger partial charge in [0.05, 0.1) is 12.1 Å². The molecule has 5 nitrogen and oxygen atoms in total. The molecule has 20 heavy (non-hydrogen) atoms. The van der Waals surface area contributed by atoms with Gasteiger partial charge in [-0.15, -0.1) is 0 Å². The van der Waals surface area contributed by atoms with E-state index < -0.39 is 0 Å². The van der Waals surface area contributed by atoms with Crippen LogP contribution < -0.4 is 10.1 Å². The summed E-state index contributed by atoms with van der Waals surface area (Å²) < 4.78 is 5.43. The Balaban J connectivity index is 1.59. The van der Waals surface area contributed by atoms with E-state index in [1.54, 1.807) is 12.3 Å². The molecule has 1 aromatic rings. The van der Waals surface area contributed by atoms with Gasteiger partial charge in [-0.3, -0.25) is 0 Å². The molecule has 1 saturated carbocycles. The quantitative estimate of drug-likeness (QED) is 0.864. The molecule has 0 amide bonds. The van der Waals surface area contributed by atoms with Gasteiger partial charge in [0.2, 0.25) is 11.8 Å². The van der Waals surface area contributed by atoms with Crippen molar-refractivity contribution in [2.75, 3.05) is 31.6 Å². The number of piperidine rings is 1. The van der Waals surface area contributed by atoms with Crippen LogP contribution in [0.4, 0.5) is 5.95 Å². The second-order valence-corrected chi connectivity index (χ2v) is 5.89. The Morgan fingerprint density at radius 3 is 2.80 bits per heavy atom. The summed E-state index contributed by atoms with van der Waals surface area (Å²) in [5.41, 5.74) is 0.197. The number of hydrogen-bond donors (Lipinski definition) is 1. The first-order valence-electron chi connectivity index (χ1n) is 7.76. The maximum Gasteiger partial charge on any atom is 0.226 e. The zero-order valence-corrected chi connectivity index (χ0v) is 12.3. The molecule has 1 N–H and O–H groups in total. The standard InChI is InChI=1S/C15H24N4O/c1-2-20-13-6-9-16-14(17-13)18-15(7-8-15)12-19-10-4-3-5-11-19/h6,9H,2-5,7-8,10-12H2,1H3,(H,16,17,18). The average molecular weight is 276 g/mol. The van der Waals surface area contributed by atoms with E-state index in [-0.39, 0.29) is 5.54 Å². The maximum atomic E-state index is 5.43. The lowest BCUT2D eigenvalue weighted by atomic mass is 10.1. The minimum atomic E-state index is 0.197. The third-order valence-electron chi connectivity index (χ3n) is 4.13. The van der Waals surface area contributed by atoms with Crippen LogP contribution in [0.3, 0.4) is 0 Å². The van der Waals surface area contributed by atoms with E-state index in [2.05, 4.69) is 20.2 Å². The normalized spacial score (nSPS) is 21.4. The predicted octanol–water partition coefficient (Wildman–Crippen LogP) is 2.31. The van der Waals surface area contributed by atoms with E-state index in [1.165, 1.54) is 45.2 Å². The number of nitrogens with zero attached hydrogens (tertiary/aromatic N) is 3. The third-order valence-corrected chi connectivity index (χ3v) is 4.13. The smallest absolute Gasteiger partial charge is 0.226 e. The molecule has 1 aromatic heterocycles. The largest absolute Gasteiger partial charge is 0.478 e. The molecule has 2 heterocycles. The summed E-state index contributed by atoms with van der Waals surface area (Å²) in [6.07, 6.45) is 8.25. The van der Waals surface area contributed by atoms with Crippen molar-refractivity contribution in [3.05, 3.63) is 12.3 Å². The van der Waals surface area contributed by atoms with Gasteiger partial charge in [-0.05, 0) is 45.7 Å². The number of nitrogens with one attached hydrogen (secondary N) is 1. The van der Waals surface area contributed by atoms with Crippen molar-refractivity contribution in [2.45, 2.75) is 44.6 Å². The minimum Gasteiger partial charge on any atom is -0.478 e. The zero-order valence-electron chi connectivity index (χ0n) is 12.3. The molecular formula is C15H24N4O. The Labute approximate surface area is 120 Å². The highest BCUT2D eigenvalue weighted by Crippen LogP contribution is 2.39. The molecule has 0 unspecified atom stereocenters. The highest BCUT2D eigenvalue weighted by molar-refractivity contribution is 5.35. The molecule has 3 rings (SSSR count). The fraction of sp³-hybridized carbons (Fsp3) is 0.733. The van der Waals surface area contributed by atoms with Gasteiger partial charge in [0, 0.05) is 18.8 Å². The highest BCUT2D eigenvalue weighted by Gasteiger charge is 2.44. The number of rotatable bonds is 6. The topological polar surface area (TPSA) is 50.3 Å². The van der Waals surface area contributed by atoms with Crippen LogP contribution in [0.5, 0.6) is 5.88 Å². The molecule has 0 radical (unpaired) electrons. The van der Waals surface area contributed by atoms with Crippen LogP contribution in [0.1, 0.15) is 39.0 Å². The van der Waals surface area contributed by atoms with E-state index in [4.69, 9.17) is 4.74 Å². The summed E-state index contributed by atoms with van der Waals surface area (Å²) in [5.74, 6) is 1.35. The van der Waals surface area contributed by atoms with Gasteiger partial charge in [-0.1, -0.05) is 6.42 Å². The van der Waals surface area contributed by atoms with Gasteiger partial charge < -0.3 is 15.0 Å². The highest BCUT2D eigenvalue weighted by atomic mass is 16.5. The Kier molecular flexibility index (Phi) is 4.05. The van der Waals surface area contributed by atoms with Crippen molar-refractivity contribution < 1.29 is 4.74 Å². The van der Waals surface area contributed by atoms with Crippen LogP contribution in [0.25, 0.3) is 0 Å². The summed E-state index contributed by atoms with van der Waals surface area (Å²) >= 11 is 0. The molecule has 5 heteroatoms. The molecule has 1 saturated heterocycles. The molecular weight excluding hydrogens is 252 g/mol. The van der Waals surface area contributed by atoms with Gasteiger partial charge in [-0.25, -0.2) is 4.98 Å². The summed E-state index contributed by atoms with van der Waals surface area (Å²) in [4.78, 5) is 11.3. The Hall–Kier alpha value is -1.36. The number of aromatic nitrogens is 2. The van der Waals surface area contributed by atoms with Crippen molar-refractivity contribution in [1.82, 2.24) is 14.9 Å². The third kappa shape index (κ3) is 3.39. The van der Waals surface area contributed by atoms with E-state index in [1.807, 2.05) is 6.92 Å². The molecule has 0 aromatic carbocycles. The van der Waals surface area contributed by atoms with E-state index in [9.17, 15) is 0 Å². The summed E-state index contributed by atoms with van der Waals surface area (Å²) in [6, 6.07) is 1.80. The van der Waals surface area contributed by atoms with E-state index in [0.29, 0.717) is 18.4 Å². The summed E-state index contributed by atoms with van der Waals surface area (Å²) in [6.45, 7) is 6.20. The van der Waals surface area contributed by atoms with Crippen LogP contribution in [0, 0.1) is 0 Å². The lowest BCUT2D eigenvalue weighted by molar-refractivity contribution is 0.215. The molecule has 110 valence electrons. The lowest BCUT2D eigenvalue weighted by Gasteiger charge is -2.31. The molecule has 2 aliphatic rings. The second kappa shape index (κ2) is 5.95. The van der Waals surface area contributed by atoms with Crippen LogP contribution in [-0.4, -0.2) is 46.6 Å². The van der Waals surface area contributed by atoms with Crippen molar-refractivity contribution in [1.29, 1.82) is 0 Å². The SMILES string of the molecule is CCOc1ccnc(NC2(CN3CCCCC3)CC2)n1. The fourth-order valence-corrected chi connectivity index (χ4v) is 2.89. The van der Waals surface area contributed by atoms with E-state index >= 15 is 0 Å². The molecule has 2 fully saturated rings. The summed E-state index contributed by atoms with van der Waals surface area (Å²) in [7, 11) is 0. The Morgan fingerprint density at radius 2 is 2.10 bits per heavy atom. The van der Waals surface area contributed by atoms with Gasteiger partial charge in [-0.2, -0.15) is 4.98 Å². The van der Waals surface area contributed by atoms with Gasteiger partial charge in [0.1, 0.15) is 0 Å². The van der Waals surface area contributed by atoms with Gasteiger partial charge in [0.25, 0.3) is 0 Å². The Bertz CT molecular complexity index is 441. The summed E-state index contributed by atoms with van der Waals surface area (Å²) in [5, 5.41) is 3.53. The molecule has 0 spiro atoms. The minimum absolute atomic E-state index is 0.197.